The van der Waals surface area contributed by atoms with Gasteiger partial charge in [-0.2, -0.15) is 0 Å². The number of carbonyl (C=O) groups excluding carboxylic acids is 3. The van der Waals surface area contributed by atoms with Crippen molar-refractivity contribution in [1.29, 1.82) is 0 Å². The van der Waals surface area contributed by atoms with Crippen LogP contribution in [0.2, 0.25) is 0 Å². The highest BCUT2D eigenvalue weighted by molar-refractivity contribution is 7.47. The van der Waals surface area contributed by atoms with Crippen LogP contribution in [0, 0.1) is 0 Å². The van der Waals surface area contributed by atoms with Gasteiger partial charge in [-0.25, -0.2) is 4.57 Å². The third-order valence-corrected chi connectivity index (χ3v) is 20.0. The number of unbranched alkanes of at least 4 members (excludes halogenated alkanes) is 37. The Morgan fingerprint density at radius 2 is 0.714 bits per heavy atom. The van der Waals surface area contributed by atoms with Crippen molar-refractivity contribution in [2.45, 2.75) is 407 Å². The van der Waals surface area contributed by atoms with Gasteiger partial charge in [-0.05, 0) is 44.9 Å². The van der Waals surface area contributed by atoms with Crippen LogP contribution in [0.5, 0.6) is 0 Å². The van der Waals surface area contributed by atoms with E-state index in [9.17, 15) is 74.9 Å². The molecule has 18 atom stereocenters. The summed E-state index contributed by atoms with van der Waals surface area (Å²) in [6, 6.07) is 0. The number of hydrogen-bond donors (Lipinski definition) is 11. The van der Waals surface area contributed by atoms with E-state index in [1.54, 1.807) is 0 Å². The molecule has 3 rings (SSSR count). The zero-order chi connectivity index (χ0) is 71.8. The molecule has 98 heavy (non-hydrogen) atoms. The van der Waals surface area contributed by atoms with Crippen LogP contribution >= 0.6 is 7.82 Å². The van der Waals surface area contributed by atoms with Crippen molar-refractivity contribution < 1.29 is 117 Å². The highest BCUT2D eigenvalue weighted by Gasteiger charge is 2.58. The Morgan fingerprint density at radius 1 is 0.388 bits per heavy atom. The van der Waals surface area contributed by atoms with Gasteiger partial charge in [0.25, 0.3) is 0 Å². The standard InChI is InChI=1S/C73H135O24P/c1-4-7-10-13-16-19-22-25-28-31-33-36-39-42-45-48-58(76)90-53-56-61(79)63(81)68(86)73(94-56)96-70-66(84)64(82)65(83)69(95-72-67(85)62(80)60(78)55(50-74)93-72)71(70)97-98(87,88)91-52-54(92-59(77)49-46-43-40-37-34-30-27-24-21-18-15-12-9-6-3)51-89-57(75)47-44-41-38-35-32-29-26-23-20-17-14-11-8-5-2/h29,32,54-56,60-74,78-86H,4-28,30-31,33-53H2,1-3H3,(H,87,88)/b32-29-. The maximum atomic E-state index is 14.3. The van der Waals surface area contributed by atoms with Crippen LogP contribution in [-0.4, -0.2) is 204 Å². The zero-order valence-electron chi connectivity index (χ0n) is 60.1. The molecule has 3 aliphatic rings. The van der Waals surface area contributed by atoms with Gasteiger partial charge in [0.15, 0.2) is 18.7 Å². The number of aliphatic hydroxyl groups is 10. The lowest BCUT2D eigenvalue weighted by Gasteiger charge is -2.49. The Labute approximate surface area is 586 Å². The number of carbonyl (C=O) groups is 3. The van der Waals surface area contributed by atoms with Crippen molar-refractivity contribution in [3.63, 3.8) is 0 Å². The summed E-state index contributed by atoms with van der Waals surface area (Å²) < 4.78 is 65.0. The molecule has 24 nitrogen and oxygen atoms in total. The molecule has 2 aliphatic heterocycles. The fourth-order valence-corrected chi connectivity index (χ4v) is 13.7. The van der Waals surface area contributed by atoms with E-state index in [4.69, 9.17) is 42.2 Å². The van der Waals surface area contributed by atoms with Crippen LogP contribution in [0.3, 0.4) is 0 Å². The summed E-state index contributed by atoms with van der Waals surface area (Å²) in [5.74, 6) is -2.00. The first kappa shape index (κ1) is 89.9. The lowest BCUT2D eigenvalue weighted by Crippen LogP contribution is -2.69. The topological polar surface area (TPSA) is 374 Å². The van der Waals surface area contributed by atoms with Crippen molar-refractivity contribution in [2.24, 2.45) is 0 Å². The van der Waals surface area contributed by atoms with E-state index < -0.39 is 156 Å². The Hall–Kier alpha value is -2.30. The minimum atomic E-state index is -5.70. The number of ether oxygens (including phenoxy) is 7. The quantitative estimate of drug-likeness (QED) is 0.00886. The molecule has 1 aliphatic carbocycles. The van der Waals surface area contributed by atoms with E-state index in [-0.39, 0.29) is 19.3 Å². The summed E-state index contributed by atoms with van der Waals surface area (Å²) in [7, 11) is -5.70. The number of esters is 3. The predicted molar refractivity (Wildman–Crippen MR) is 370 cm³/mol. The second-order valence-electron chi connectivity index (χ2n) is 27.7. The summed E-state index contributed by atoms with van der Waals surface area (Å²) in [6.45, 7) is 3.45. The van der Waals surface area contributed by atoms with Crippen molar-refractivity contribution in [1.82, 2.24) is 0 Å². The highest BCUT2D eigenvalue weighted by atomic mass is 31.2. The molecule has 0 aromatic heterocycles. The van der Waals surface area contributed by atoms with Crippen molar-refractivity contribution >= 4 is 25.7 Å². The molecule has 0 bridgehead atoms. The number of phosphoric acid groups is 1. The van der Waals surface area contributed by atoms with E-state index in [0.29, 0.717) is 19.3 Å². The largest absolute Gasteiger partial charge is 0.472 e. The first-order chi connectivity index (χ1) is 47.3. The van der Waals surface area contributed by atoms with Crippen LogP contribution in [0.25, 0.3) is 0 Å². The molecule has 1 saturated carbocycles. The van der Waals surface area contributed by atoms with Gasteiger partial charge in [-0.15, -0.1) is 0 Å². The molecule has 2 heterocycles. The molecule has 2 saturated heterocycles. The maximum absolute atomic E-state index is 14.3. The normalized spacial score (nSPS) is 27.7. The van der Waals surface area contributed by atoms with E-state index >= 15 is 0 Å². The average molecular weight is 1430 g/mol. The second kappa shape index (κ2) is 55.2. The van der Waals surface area contributed by atoms with Crippen molar-refractivity contribution in [3.05, 3.63) is 12.2 Å². The molecule has 0 aromatic carbocycles. The van der Waals surface area contributed by atoms with Crippen LogP contribution in [-0.2, 0) is 61.2 Å². The van der Waals surface area contributed by atoms with Gasteiger partial charge >= 0.3 is 25.7 Å². The minimum absolute atomic E-state index is 0.0280. The molecule has 0 radical (unpaired) electrons. The van der Waals surface area contributed by atoms with Crippen molar-refractivity contribution in [3.8, 4) is 0 Å². The van der Waals surface area contributed by atoms with E-state index in [1.807, 2.05) is 0 Å². The number of phosphoric ester groups is 1. The van der Waals surface area contributed by atoms with Crippen LogP contribution < -0.4 is 0 Å². The Balaban J connectivity index is 1.73. The molecule has 576 valence electrons. The summed E-state index contributed by atoms with van der Waals surface area (Å²) in [6.07, 6.45) is 14.1. The molecular formula is C73H135O24P. The minimum Gasteiger partial charge on any atom is -0.463 e. The molecule has 11 N–H and O–H groups in total. The Morgan fingerprint density at radius 3 is 1.11 bits per heavy atom. The van der Waals surface area contributed by atoms with Crippen LogP contribution in [0.4, 0.5) is 0 Å². The second-order valence-corrected chi connectivity index (χ2v) is 29.1. The monoisotopic (exact) mass is 1430 g/mol. The third kappa shape index (κ3) is 37.9. The zero-order valence-corrected chi connectivity index (χ0v) is 61.0. The van der Waals surface area contributed by atoms with E-state index in [2.05, 4.69) is 32.9 Å². The first-order valence-electron chi connectivity index (χ1n) is 38.5. The van der Waals surface area contributed by atoms with Crippen LogP contribution in [0.1, 0.15) is 303 Å². The molecule has 3 fully saturated rings. The molecule has 25 heteroatoms. The SMILES string of the molecule is CCCCCCCCC/C=C\CCCCCC(=O)OCC(COP(=O)(O)OC1C(OC2OC(CO)C(O)C(O)C2O)C(O)C(O)C(O)C1OC1OC(COC(=O)CCCCCCCCCCCCCCCCC)C(O)C(O)C1O)OC(=O)CCCCCCCCCCCCCCCC. The molecule has 18 unspecified atom stereocenters. The summed E-state index contributed by atoms with van der Waals surface area (Å²) in [5.41, 5.74) is 0. The third-order valence-electron chi connectivity index (χ3n) is 19.0. The van der Waals surface area contributed by atoms with Gasteiger partial charge in [0.05, 0.1) is 13.2 Å². The first-order valence-corrected chi connectivity index (χ1v) is 40.0. The molecule has 0 amide bonds. The lowest BCUT2D eigenvalue weighted by molar-refractivity contribution is -0.360. The maximum Gasteiger partial charge on any atom is 0.472 e. The lowest BCUT2D eigenvalue weighted by atomic mass is 9.84. The molecule has 0 aromatic rings. The van der Waals surface area contributed by atoms with Gasteiger partial charge in [0.2, 0.25) is 0 Å². The van der Waals surface area contributed by atoms with Gasteiger partial charge < -0.3 is 89.1 Å². The fourth-order valence-electron chi connectivity index (χ4n) is 12.8. The van der Waals surface area contributed by atoms with Crippen LogP contribution in [0.15, 0.2) is 12.2 Å². The molecular weight excluding hydrogens is 1290 g/mol. The Bertz CT molecular complexity index is 2080. The molecule has 0 spiro atoms. The Kier molecular flexibility index (Phi) is 50.7. The van der Waals surface area contributed by atoms with E-state index in [0.717, 1.165) is 96.3 Å². The highest BCUT2D eigenvalue weighted by Crippen LogP contribution is 2.49. The van der Waals surface area contributed by atoms with E-state index in [1.165, 1.54) is 148 Å². The van der Waals surface area contributed by atoms with Gasteiger partial charge in [-0.1, -0.05) is 251 Å². The van der Waals surface area contributed by atoms with Crippen molar-refractivity contribution in [2.75, 3.05) is 26.4 Å². The number of allylic oxidation sites excluding steroid dienone is 2. The van der Waals surface area contributed by atoms with Gasteiger partial charge in [-0.3, -0.25) is 23.4 Å². The fraction of sp³-hybridized carbons (Fsp3) is 0.932. The average Bonchev–Trinajstić information content (AvgIpc) is 0.763. The number of hydrogen-bond acceptors (Lipinski definition) is 23. The van der Waals surface area contributed by atoms with Gasteiger partial charge in [0.1, 0.15) is 98.7 Å². The summed E-state index contributed by atoms with van der Waals surface area (Å²) in [5, 5.41) is 110. The summed E-state index contributed by atoms with van der Waals surface area (Å²) >= 11 is 0. The smallest absolute Gasteiger partial charge is 0.463 e. The number of aliphatic hydroxyl groups excluding tert-OH is 10. The number of rotatable bonds is 60. The van der Waals surface area contributed by atoms with Gasteiger partial charge in [0, 0.05) is 19.3 Å². The summed E-state index contributed by atoms with van der Waals surface area (Å²) in [4.78, 5) is 51.0. The predicted octanol–water partition coefficient (Wildman–Crippen LogP) is 10.7.